The van der Waals surface area contributed by atoms with Gasteiger partial charge in [-0.25, -0.2) is 19.3 Å². The summed E-state index contributed by atoms with van der Waals surface area (Å²) in [6.45, 7) is 7.26. The van der Waals surface area contributed by atoms with Crippen molar-refractivity contribution in [1.29, 1.82) is 0 Å². The van der Waals surface area contributed by atoms with Gasteiger partial charge in [0.25, 0.3) is 0 Å². The van der Waals surface area contributed by atoms with Crippen molar-refractivity contribution in [3.05, 3.63) is 35.0 Å². The van der Waals surface area contributed by atoms with Gasteiger partial charge in [0.05, 0.1) is 22.4 Å². The molecular weight excluding hydrogens is 429 g/mol. The number of hydrogen-bond donors (Lipinski definition) is 2. The Kier molecular flexibility index (Phi) is 6.41. The minimum atomic E-state index is -1.21. The Labute approximate surface area is 193 Å². The second kappa shape index (κ2) is 8.94. The topological polar surface area (TPSA) is 75.9 Å². The van der Waals surface area contributed by atoms with E-state index in [0.717, 1.165) is 12.8 Å². The molecule has 1 aliphatic carbocycles. The molecule has 0 aliphatic heterocycles. The van der Waals surface area contributed by atoms with Crippen molar-refractivity contribution in [2.45, 2.75) is 83.9 Å². The number of hydrogen-bond acceptors (Lipinski definition) is 5. The summed E-state index contributed by atoms with van der Waals surface area (Å²) in [6, 6.07) is 3.55. The van der Waals surface area contributed by atoms with E-state index in [1.54, 1.807) is 20.0 Å². The Morgan fingerprint density at radius 3 is 2.47 bits per heavy atom. The first kappa shape index (κ1) is 22.9. The van der Waals surface area contributed by atoms with Crippen LogP contribution in [0, 0.1) is 5.82 Å². The molecule has 0 amide bonds. The van der Waals surface area contributed by atoms with Crippen LogP contribution in [-0.2, 0) is 5.60 Å². The van der Waals surface area contributed by atoms with Gasteiger partial charge in [0.2, 0.25) is 5.95 Å². The fraction of sp³-hybridized carbons (Fsp3) is 0.542. The van der Waals surface area contributed by atoms with E-state index in [1.165, 1.54) is 31.7 Å². The van der Waals surface area contributed by atoms with Crippen molar-refractivity contribution < 1.29 is 9.50 Å². The molecule has 0 radical (unpaired) electrons. The van der Waals surface area contributed by atoms with Gasteiger partial charge in [-0.05, 0) is 52.7 Å². The molecule has 1 saturated carbocycles. The van der Waals surface area contributed by atoms with Gasteiger partial charge in [-0.3, -0.25) is 0 Å². The highest BCUT2D eigenvalue weighted by Crippen LogP contribution is 2.34. The van der Waals surface area contributed by atoms with E-state index in [2.05, 4.69) is 20.3 Å². The Hall–Kier alpha value is -2.25. The van der Waals surface area contributed by atoms with Crippen molar-refractivity contribution in [2.24, 2.45) is 0 Å². The molecule has 4 rings (SSSR count). The Morgan fingerprint density at radius 1 is 1.16 bits per heavy atom. The largest absolute Gasteiger partial charge is 0.383 e. The van der Waals surface area contributed by atoms with Gasteiger partial charge < -0.3 is 15.0 Å². The van der Waals surface area contributed by atoms with Gasteiger partial charge >= 0.3 is 0 Å². The highest BCUT2D eigenvalue weighted by molar-refractivity contribution is 6.33. The maximum Gasteiger partial charge on any atom is 0.223 e. The highest BCUT2D eigenvalue weighted by atomic mass is 35.5. The predicted molar refractivity (Wildman–Crippen MR) is 126 cm³/mol. The molecule has 0 spiro atoms. The zero-order valence-electron chi connectivity index (χ0n) is 19.1. The third-order valence-electron chi connectivity index (χ3n) is 6.02. The quantitative estimate of drug-likeness (QED) is 0.442. The van der Waals surface area contributed by atoms with Crippen LogP contribution in [0.15, 0.2) is 18.3 Å². The van der Waals surface area contributed by atoms with Crippen LogP contribution in [-0.4, -0.2) is 30.7 Å². The molecule has 3 aromatic rings. The van der Waals surface area contributed by atoms with Crippen molar-refractivity contribution in [3.63, 3.8) is 0 Å². The molecule has 0 saturated heterocycles. The van der Waals surface area contributed by atoms with E-state index in [4.69, 9.17) is 11.6 Å². The molecule has 0 bridgehead atoms. The highest BCUT2D eigenvalue weighted by Gasteiger charge is 2.28. The van der Waals surface area contributed by atoms with Gasteiger partial charge in [0, 0.05) is 17.6 Å². The number of aromatic nitrogens is 4. The SMILES string of the molecule is CC(C)n1c(C(C)(C)O)nc2c(F)cc(-c3nc(NC4CCCCCC4)ncc3Cl)cc21. The number of halogens is 2. The van der Waals surface area contributed by atoms with Crippen LogP contribution in [0.1, 0.15) is 78.1 Å². The lowest BCUT2D eigenvalue weighted by molar-refractivity contribution is 0.0641. The smallest absolute Gasteiger partial charge is 0.223 e. The number of fused-ring (bicyclic) bond motifs is 1. The van der Waals surface area contributed by atoms with E-state index in [9.17, 15) is 5.11 Å². The predicted octanol–water partition coefficient (Wildman–Crippen LogP) is 6.23. The Bertz CT molecular complexity index is 1110. The van der Waals surface area contributed by atoms with Gasteiger partial charge in [0.1, 0.15) is 16.9 Å². The standard InChI is InChI=1S/C24H31ClFN5O/c1-14(2)31-19-12-15(11-18(26)21(19)29-22(31)24(3,4)32)20-17(25)13-27-23(30-20)28-16-9-7-5-6-8-10-16/h11-14,16,32H,5-10H2,1-4H3,(H,27,28,30). The summed E-state index contributed by atoms with van der Waals surface area (Å²) in [7, 11) is 0. The summed E-state index contributed by atoms with van der Waals surface area (Å²) in [6.07, 6.45) is 8.67. The zero-order valence-corrected chi connectivity index (χ0v) is 19.9. The molecule has 172 valence electrons. The molecule has 2 N–H and O–H groups in total. The van der Waals surface area contributed by atoms with Crippen LogP contribution in [0.25, 0.3) is 22.3 Å². The van der Waals surface area contributed by atoms with E-state index in [-0.39, 0.29) is 11.6 Å². The van der Waals surface area contributed by atoms with Gasteiger partial charge in [-0.2, -0.15) is 0 Å². The number of nitrogens with zero attached hydrogens (tertiary/aromatic N) is 4. The molecule has 1 fully saturated rings. The first-order chi connectivity index (χ1) is 15.1. The summed E-state index contributed by atoms with van der Waals surface area (Å²) in [4.78, 5) is 13.4. The third-order valence-corrected chi connectivity index (χ3v) is 6.29. The van der Waals surface area contributed by atoms with Crippen LogP contribution in [0.5, 0.6) is 0 Å². The molecular formula is C24H31ClFN5O. The van der Waals surface area contributed by atoms with Crippen LogP contribution in [0.4, 0.5) is 10.3 Å². The number of imidazole rings is 1. The van der Waals surface area contributed by atoms with Gasteiger partial charge in [-0.1, -0.05) is 37.3 Å². The van der Waals surface area contributed by atoms with Crippen LogP contribution >= 0.6 is 11.6 Å². The molecule has 0 unspecified atom stereocenters. The number of rotatable bonds is 5. The minimum Gasteiger partial charge on any atom is -0.383 e. The fourth-order valence-corrected chi connectivity index (χ4v) is 4.69. The Balaban J connectivity index is 1.78. The third kappa shape index (κ3) is 4.59. The number of benzene rings is 1. The van der Waals surface area contributed by atoms with Crippen molar-refractivity contribution >= 4 is 28.6 Å². The van der Waals surface area contributed by atoms with Gasteiger partial charge in [0.15, 0.2) is 5.82 Å². The fourth-order valence-electron chi connectivity index (χ4n) is 4.49. The lowest BCUT2D eigenvalue weighted by Crippen LogP contribution is -2.23. The maximum atomic E-state index is 15.2. The Morgan fingerprint density at radius 2 is 1.84 bits per heavy atom. The number of anilines is 1. The monoisotopic (exact) mass is 459 g/mol. The van der Waals surface area contributed by atoms with Crippen molar-refractivity contribution in [1.82, 2.24) is 19.5 Å². The minimum absolute atomic E-state index is 0.0237. The molecule has 32 heavy (non-hydrogen) atoms. The van der Waals surface area contributed by atoms with Crippen LogP contribution in [0.3, 0.4) is 0 Å². The lowest BCUT2D eigenvalue weighted by atomic mass is 10.1. The second-order valence-electron chi connectivity index (χ2n) is 9.51. The van der Waals surface area contributed by atoms with E-state index in [1.807, 2.05) is 24.5 Å². The lowest BCUT2D eigenvalue weighted by Gasteiger charge is -2.21. The summed E-state index contributed by atoms with van der Waals surface area (Å²) in [5.74, 6) is 0.449. The van der Waals surface area contributed by atoms with Crippen LogP contribution < -0.4 is 5.32 Å². The van der Waals surface area contributed by atoms with E-state index >= 15 is 4.39 Å². The second-order valence-corrected chi connectivity index (χ2v) is 9.91. The molecule has 1 aromatic carbocycles. The molecule has 8 heteroatoms. The van der Waals surface area contributed by atoms with Crippen molar-refractivity contribution in [3.8, 4) is 11.3 Å². The molecule has 1 aliphatic rings. The molecule has 6 nitrogen and oxygen atoms in total. The number of aliphatic hydroxyl groups is 1. The molecule has 0 atom stereocenters. The maximum absolute atomic E-state index is 15.2. The molecule has 2 aromatic heterocycles. The molecule has 2 heterocycles. The zero-order chi connectivity index (χ0) is 23.0. The normalized spacial score (nSPS) is 16.0. The summed E-state index contributed by atoms with van der Waals surface area (Å²) in [5.41, 5.74) is 0.634. The van der Waals surface area contributed by atoms with Gasteiger partial charge in [-0.15, -0.1) is 0 Å². The summed E-state index contributed by atoms with van der Waals surface area (Å²) in [5, 5.41) is 14.4. The first-order valence-corrected chi connectivity index (χ1v) is 11.8. The van der Waals surface area contributed by atoms with E-state index in [0.29, 0.717) is 39.6 Å². The van der Waals surface area contributed by atoms with E-state index < -0.39 is 11.4 Å². The van der Waals surface area contributed by atoms with Crippen molar-refractivity contribution in [2.75, 3.05) is 5.32 Å². The first-order valence-electron chi connectivity index (χ1n) is 11.4. The number of nitrogens with one attached hydrogen (secondary N) is 1. The van der Waals surface area contributed by atoms with Crippen LogP contribution in [0.2, 0.25) is 5.02 Å². The summed E-state index contributed by atoms with van der Waals surface area (Å²) >= 11 is 6.45. The average molecular weight is 460 g/mol. The average Bonchev–Trinajstić information content (AvgIpc) is 2.95. The summed E-state index contributed by atoms with van der Waals surface area (Å²) < 4.78 is 17.0.